The molecular weight excluding hydrogens is 206 g/mol. The second-order valence-corrected chi connectivity index (χ2v) is 5.33. The van der Waals surface area contributed by atoms with E-state index in [2.05, 4.69) is 11.8 Å². The van der Waals surface area contributed by atoms with Crippen molar-refractivity contribution in [1.82, 2.24) is 4.90 Å². The van der Waals surface area contributed by atoms with Gasteiger partial charge in [-0.1, -0.05) is 0 Å². The van der Waals surface area contributed by atoms with Crippen LogP contribution in [-0.2, 0) is 9.53 Å². The average Bonchev–Trinajstić information content (AvgIpc) is 2.66. The zero-order valence-electron chi connectivity index (χ0n) is 10.1. The number of piperidine rings is 1. The van der Waals surface area contributed by atoms with Gasteiger partial charge in [0.25, 0.3) is 0 Å². The molecule has 4 nitrogen and oxygen atoms in total. The number of ether oxygens (including phenoxy) is 1. The van der Waals surface area contributed by atoms with E-state index in [9.17, 15) is 4.79 Å². The van der Waals surface area contributed by atoms with Crippen molar-refractivity contribution in [1.29, 1.82) is 0 Å². The maximum Gasteiger partial charge on any atom is 0.309 e. The number of aliphatic carboxylic acids is 1. The van der Waals surface area contributed by atoms with Crippen LogP contribution in [0.4, 0.5) is 0 Å². The van der Waals surface area contributed by atoms with Gasteiger partial charge in [0.05, 0.1) is 11.5 Å². The van der Waals surface area contributed by atoms with Crippen LogP contribution >= 0.6 is 0 Å². The Bertz CT molecular complexity index is 271. The first-order valence-corrected chi connectivity index (χ1v) is 6.12. The molecule has 2 heterocycles. The van der Waals surface area contributed by atoms with Gasteiger partial charge in [-0.2, -0.15) is 0 Å². The molecule has 0 spiro atoms. The number of hydrogen-bond donors (Lipinski definition) is 1. The number of carbonyl (C=O) groups is 1. The highest BCUT2D eigenvalue weighted by Crippen LogP contribution is 2.33. The summed E-state index contributed by atoms with van der Waals surface area (Å²) in [6.07, 6.45) is 2.90. The highest BCUT2D eigenvalue weighted by molar-refractivity contribution is 5.74. The Morgan fingerprint density at radius 3 is 2.50 bits per heavy atom. The fraction of sp³-hybridized carbons (Fsp3) is 0.917. The number of carboxylic acids is 1. The second-order valence-electron chi connectivity index (χ2n) is 5.33. The monoisotopic (exact) mass is 227 g/mol. The van der Waals surface area contributed by atoms with E-state index in [0.717, 1.165) is 39.0 Å². The molecule has 0 aromatic heterocycles. The van der Waals surface area contributed by atoms with Crippen LogP contribution in [0.5, 0.6) is 0 Å². The smallest absolute Gasteiger partial charge is 0.309 e. The molecule has 2 aliphatic heterocycles. The van der Waals surface area contributed by atoms with Gasteiger partial charge in [-0.25, -0.2) is 0 Å². The number of nitrogens with zero attached hydrogens (tertiary/aromatic N) is 1. The Labute approximate surface area is 96.6 Å². The van der Waals surface area contributed by atoms with E-state index in [1.165, 1.54) is 0 Å². The fourth-order valence-electron chi connectivity index (χ4n) is 2.76. The van der Waals surface area contributed by atoms with Gasteiger partial charge >= 0.3 is 5.97 Å². The minimum Gasteiger partial charge on any atom is -0.481 e. The maximum absolute atomic E-state index is 11.1. The number of rotatable bonds is 2. The van der Waals surface area contributed by atoms with Gasteiger partial charge in [0.1, 0.15) is 0 Å². The van der Waals surface area contributed by atoms with Crippen LogP contribution < -0.4 is 0 Å². The summed E-state index contributed by atoms with van der Waals surface area (Å²) < 4.78 is 5.56. The third kappa shape index (κ3) is 2.09. The van der Waals surface area contributed by atoms with Crippen LogP contribution in [0.1, 0.15) is 33.1 Å². The van der Waals surface area contributed by atoms with Crippen molar-refractivity contribution in [2.24, 2.45) is 5.41 Å². The summed E-state index contributed by atoms with van der Waals surface area (Å²) in [6.45, 7) is 6.60. The van der Waals surface area contributed by atoms with Crippen LogP contribution in [0.15, 0.2) is 0 Å². The molecule has 0 bridgehead atoms. The second kappa shape index (κ2) is 4.34. The number of hydrogen-bond acceptors (Lipinski definition) is 3. The summed E-state index contributed by atoms with van der Waals surface area (Å²) in [4.78, 5) is 13.5. The summed E-state index contributed by atoms with van der Waals surface area (Å²) in [6, 6.07) is 0.498. The molecule has 2 saturated heterocycles. The summed E-state index contributed by atoms with van der Waals surface area (Å²) in [5.74, 6) is -0.650. The molecule has 0 saturated carbocycles. The maximum atomic E-state index is 11.1. The fourth-order valence-corrected chi connectivity index (χ4v) is 2.76. The van der Waals surface area contributed by atoms with Crippen molar-refractivity contribution >= 4 is 5.97 Å². The predicted octanol–water partition coefficient (Wildman–Crippen LogP) is 1.35. The number of likely N-dealkylation sites (tertiary alicyclic amines) is 1. The van der Waals surface area contributed by atoms with Crippen LogP contribution in [0.3, 0.4) is 0 Å². The molecule has 92 valence electrons. The van der Waals surface area contributed by atoms with Crippen LogP contribution in [0, 0.1) is 5.41 Å². The molecule has 0 aromatic rings. The number of carboxylic acid groups (broad SMARTS) is 1. The highest BCUT2D eigenvalue weighted by Gasteiger charge is 2.40. The van der Waals surface area contributed by atoms with Crippen molar-refractivity contribution < 1.29 is 14.6 Å². The van der Waals surface area contributed by atoms with E-state index in [1.54, 1.807) is 0 Å². The van der Waals surface area contributed by atoms with Crippen molar-refractivity contribution in [2.45, 2.75) is 45.3 Å². The van der Waals surface area contributed by atoms with E-state index in [-0.39, 0.29) is 0 Å². The Kier molecular flexibility index (Phi) is 3.22. The van der Waals surface area contributed by atoms with Gasteiger partial charge in [-0.3, -0.25) is 9.69 Å². The topological polar surface area (TPSA) is 49.8 Å². The molecule has 2 aliphatic rings. The van der Waals surface area contributed by atoms with E-state index < -0.39 is 11.4 Å². The highest BCUT2D eigenvalue weighted by atomic mass is 16.5. The van der Waals surface area contributed by atoms with Gasteiger partial charge in [0.2, 0.25) is 0 Å². The molecule has 16 heavy (non-hydrogen) atoms. The quantitative estimate of drug-likeness (QED) is 0.773. The lowest BCUT2D eigenvalue weighted by Crippen LogP contribution is -2.48. The summed E-state index contributed by atoms with van der Waals surface area (Å²) in [5.41, 5.74) is -0.515. The lowest BCUT2D eigenvalue weighted by atomic mass is 9.80. The lowest BCUT2D eigenvalue weighted by molar-refractivity contribution is -0.151. The SMILES string of the molecule is CC1OCCC1N1CCC(C)(C(=O)O)CC1. The Hall–Kier alpha value is -0.610. The summed E-state index contributed by atoms with van der Waals surface area (Å²) in [7, 11) is 0. The van der Waals surface area contributed by atoms with Crippen molar-refractivity contribution in [3.05, 3.63) is 0 Å². The molecule has 0 amide bonds. The molecule has 2 fully saturated rings. The van der Waals surface area contributed by atoms with Gasteiger partial charge in [-0.15, -0.1) is 0 Å². The van der Waals surface area contributed by atoms with Crippen LogP contribution in [0.25, 0.3) is 0 Å². The summed E-state index contributed by atoms with van der Waals surface area (Å²) in [5, 5.41) is 9.16. The molecule has 0 aromatic carbocycles. The van der Waals surface area contributed by atoms with E-state index in [1.807, 2.05) is 6.92 Å². The van der Waals surface area contributed by atoms with Crippen LogP contribution in [-0.4, -0.2) is 47.8 Å². The first-order chi connectivity index (χ1) is 7.53. The van der Waals surface area contributed by atoms with Crippen LogP contribution in [0.2, 0.25) is 0 Å². The van der Waals surface area contributed by atoms with Gasteiger partial charge < -0.3 is 9.84 Å². The van der Waals surface area contributed by atoms with Gasteiger partial charge in [0, 0.05) is 12.6 Å². The Morgan fingerprint density at radius 1 is 1.44 bits per heavy atom. The van der Waals surface area contributed by atoms with Gasteiger partial charge in [0.15, 0.2) is 0 Å². The van der Waals surface area contributed by atoms with E-state index in [4.69, 9.17) is 9.84 Å². The molecule has 2 rings (SSSR count). The molecule has 4 heteroatoms. The zero-order chi connectivity index (χ0) is 11.8. The normalized spacial score (nSPS) is 35.1. The average molecular weight is 227 g/mol. The Balaban J connectivity index is 1.92. The largest absolute Gasteiger partial charge is 0.481 e. The minimum absolute atomic E-state index is 0.300. The first-order valence-electron chi connectivity index (χ1n) is 6.12. The Morgan fingerprint density at radius 2 is 2.06 bits per heavy atom. The first kappa shape index (κ1) is 11.9. The van der Waals surface area contributed by atoms with E-state index in [0.29, 0.717) is 12.1 Å². The summed E-state index contributed by atoms with van der Waals surface area (Å²) >= 11 is 0. The standard InChI is InChI=1S/C12H21NO3/c1-9-10(3-8-16-9)13-6-4-12(2,5-7-13)11(14)15/h9-10H,3-8H2,1-2H3,(H,14,15). The van der Waals surface area contributed by atoms with Crippen molar-refractivity contribution in [3.63, 3.8) is 0 Å². The van der Waals surface area contributed by atoms with Gasteiger partial charge in [-0.05, 0) is 46.2 Å². The zero-order valence-corrected chi connectivity index (χ0v) is 10.1. The molecule has 0 aliphatic carbocycles. The molecular formula is C12H21NO3. The molecule has 1 N–H and O–H groups in total. The van der Waals surface area contributed by atoms with Crippen molar-refractivity contribution in [2.75, 3.05) is 19.7 Å². The molecule has 2 unspecified atom stereocenters. The molecule has 0 radical (unpaired) electrons. The van der Waals surface area contributed by atoms with E-state index >= 15 is 0 Å². The third-order valence-electron chi connectivity index (χ3n) is 4.22. The predicted molar refractivity (Wildman–Crippen MR) is 60.4 cm³/mol. The minimum atomic E-state index is -0.650. The molecule has 2 atom stereocenters. The third-order valence-corrected chi connectivity index (χ3v) is 4.22. The lowest BCUT2D eigenvalue weighted by Gasteiger charge is -2.40. The van der Waals surface area contributed by atoms with Crippen molar-refractivity contribution in [3.8, 4) is 0 Å².